The van der Waals surface area contributed by atoms with E-state index in [0.717, 1.165) is 6.42 Å². The van der Waals surface area contributed by atoms with Gasteiger partial charge in [-0.05, 0) is 101 Å². The Bertz CT molecular complexity index is 4600. The molecule has 3 aliphatic rings. The number of nitrogens with zero attached hydrogens (tertiary/aromatic N) is 4. The van der Waals surface area contributed by atoms with Crippen LogP contribution in [0.2, 0.25) is 0 Å². The first-order chi connectivity index (χ1) is 36.3. The zero-order chi connectivity index (χ0) is 49.2. The van der Waals surface area contributed by atoms with Gasteiger partial charge in [0.1, 0.15) is 0 Å². The normalized spacial score (nSPS) is 16.2. The fourth-order valence-electron chi connectivity index (χ4n) is 14.0. The average Bonchev–Trinajstić information content (AvgIpc) is 4.37. The molecule has 2 aliphatic heterocycles. The van der Waals surface area contributed by atoms with E-state index >= 15 is 0 Å². The van der Waals surface area contributed by atoms with Gasteiger partial charge in [-0.1, -0.05) is 185 Å². The van der Waals surface area contributed by atoms with E-state index in [1.54, 1.807) is 0 Å². The number of allylic oxidation sites excluding steroid dienone is 4. The second-order valence-corrected chi connectivity index (χ2v) is 22.0. The second-order valence-electron chi connectivity index (χ2n) is 22.0. The topological polar surface area (TPSA) is 19.7 Å². The summed E-state index contributed by atoms with van der Waals surface area (Å²) in [7, 11) is 0. The van der Waals surface area contributed by atoms with Crippen molar-refractivity contribution < 1.29 is 0 Å². The lowest BCUT2D eigenvalue weighted by atomic mass is 9.79. The van der Waals surface area contributed by atoms with E-state index in [0.29, 0.717) is 0 Å². The van der Waals surface area contributed by atoms with Crippen molar-refractivity contribution >= 4 is 71.1 Å². The standard InChI is InChI=1S/C70H52N4/c1-69(2)55-41-61-53(39-63(55)73-59-29-17-13-25-51(59)65(67(69)73)45-19-7-5-8-20-45)49-23-11-15-27-57(49)71(61)47-35-31-43(32-36-47)44-33-37-48(38-34-44)72-58-28-16-12-24-50(58)54-40-64-56(42-62(54)72)70(3,4)68-66(46-21-9-6-10-22-46)52-26-14-18-30-60(52)74(64)68/h5-33,35-42,44H,34H2,1-4H3. The molecule has 4 aromatic heterocycles. The molecule has 1 unspecified atom stereocenters. The number of para-hydroxylation sites is 4. The summed E-state index contributed by atoms with van der Waals surface area (Å²) in [5, 5.41) is 7.72. The molecule has 0 radical (unpaired) electrons. The third kappa shape index (κ3) is 5.47. The first kappa shape index (κ1) is 41.7. The lowest BCUT2D eigenvalue weighted by Crippen LogP contribution is -2.16. The van der Waals surface area contributed by atoms with Gasteiger partial charge in [0.05, 0.1) is 44.5 Å². The van der Waals surface area contributed by atoms with Gasteiger partial charge in [0, 0.05) is 83.0 Å². The van der Waals surface area contributed by atoms with E-state index in [1.807, 2.05) is 0 Å². The lowest BCUT2D eigenvalue weighted by Gasteiger charge is -2.23. The summed E-state index contributed by atoms with van der Waals surface area (Å²) in [5.74, 6) is 0.269. The molecule has 16 rings (SSSR count). The molecule has 1 atom stereocenters. The minimum atomic E-state index is -0.233. The highest BCUT2D eigenvalue weighted by atomic mass is 15.1. The minimum Gasteiger partial charge on any atom is -0.312 e. The van der Waals surface area contributed by atoms with Crippen LogP contribution in [0.25, 0.3) is 110 Å². The van der Waals surface area contributed by atoms with E-state index in [1.165, 1.54) is 139 Å². The maximum atomic E-state index is 2.56. The van der Waals surface area contributed by atoms with E-state index in [9.17, 15) is 0 Å². The van der Waals surface area contributed by atoms with Gasteiger partial charge in [-0.25, -0.2) is 0 Å². The summed E-state index contributed by atoms with van der Waals surface area (Å²) >= 11 is 0. The monoisotopic (exact) mass is 948 g/mol. The van der Waals surface area contributed by atoms with Crippen LogP contribution in [0, 0.1) is 0 Å². The van der Waals surface area contributed by atoms with E-state index in [-0.39, 0.29) is 16.7 Å². The van der Waals surface area contributed by atoms with Gasteiger partial charge in [-0.3, -0.25) is 0 Å². The Morgan fingerprint density at radius 1 is 0.378 bits per heavy atom. The average molecular weight is 949 g/mol. The molecule has 1 aliphatic carbocycles. The van der Waals surface area contributed by atoms with Crippen molar-refractivity contribution in [1.29, 1.82) is 0 Å². The third-order valence-corrected chi connectivity index (χ3v) is 17.4. The second kappa shape index (κ2) is 14.9. The lowest BCUT2D eigenvalue weighted by molar-refractivity contribution is 0.647. The molecule has 13 aromatic rings. The van der Waals surface area contributed by atoms with E-state index < -0.39 is 0 Å². The largest absolute Gasteiger partial charge is 0.312 e. The van der Waals surface area contributed by atoms with Crippen molar-refractivity contribution in [3.8, 4) is 39.3 Å². The molecular formula is C70H52N4. The van der Waals surface area contributed by atoms with Crippen molar-refractivity contribution in [3.63, 3.8) is 0 Å². The van der Waals surface area contributed by atoms with Gasteiger partial charge in [0.25, 0.3) is 0 Å². The first-order valence-corrected chi connectivity index (χ1v) is 26.3. The van der Waals surface area contributed by atoms with Crippen LogP contribution in [0.15, 0.2) is 224 Å². The number of hydrogen-bond donors (Lipinski definition) is 0. The van der Waals surface area contributed by atoms with Crippen LogP contribution in [0.4, 0.5) is 0 Å². The minimum absolute atomic E-state index is 0.229. The van der Waals surface area contributed by atoms with Crippen LogP contribution in [-0.2, 0) is 10.8 Å². The molecule has 9 aromatic carbocycles. The molecular weight excluding hydrogens is 897 g/mol. The van der Waals surface area contributed by atoms with Gasteiger partial charge in [-0.2, -0.15) is 0 Å². The quantitative estimate of drug-likeness (QED) is 0.164. The number of rotatable bonds is 5. The smallest absolute Gasteiger partial charge is 0.0545 e. The maximum Gasteiger partial charge on any atom is 0.0545 e. The molecule has 0 spiro atoms. The van der Waals surface area contributed by atoms with Crippen LogP contribution >= 0.6 is 0 Å². The van der Waals surface area contributed by atoms with Crippen molar-refractivity contribution in [2.45, 2.75) is 50.9 Å². The summed E-state index contributed by atoms with van der Waals surface area (Å²) in [6.45, 7) is 9.66. The highest BCUT2D eigenvalue weighted by Gasteiger charge is 2.43. The molecule has 0 bridgehead atoms. The highest BCUT2D eigenvalue weighted by molar-refractivity contribution is 6.14. The Hall–Kier alpha value is -8.86. The highest BCUT2D eigenvalue weighted by Crippen LogP contribution is 2.55. The van der Waals surface area contributed by atoms with Gasteiger partial charge in [-0.15, -0.1) is 0 Å². The number of fused-ring (bicyclic) bond motifs is 16. The predicted octanol–water partition coefficient (Wildman–Crippen LogP) is 18.0. The Morgan fingerprint density at radius 2 is 0.797 bits per heavy atom. The molecule has 0 saturated carbocycles. The summed E-state index contributed by atoms with van der Waals surface area (Å²) in [4.78, 5) is 0. The Morgan fingerprint density at radius 3 is 1.27 bits per heavy atom. The predicted molar refractivity (Wildman–Crippen MR) is 310 cm³/mol. The van der Waals surface area contributed by atoms with Crippen LogP contribution in [-0.4, -0.2) is 18.3 Å². The Labute approximate surface area is 430 Å². The zero-order valence-corrected chi connectivity index (χ0v) is 41.9. The van der Waals surface area contributed by atoms with Gasteiger partial charge in [0.15, 0.2) is 0 Å². The molecule has 352 valence electrons. The summed E-state index contributed by atoms with van der Waals surface area (Å²) in [5.41, 5.74) is 24.0. The summed E-state index contributed by atoms with van der Waals surface area (Å²) in [6.07, 6.45) is 8.19. The van der Waals surface area contributed by atoms with E-state index in [4.69, 9.17) is 0 Å². The van der Waals surface area contributed by atoms with Gasteiger partial charge >= 0.3 is 0 Å². The third-order valence-electron chi connectivity index (χ3n) is 17.4. The molecule has 0 fully saturated rings. The van der Waals surface area contributed by atoms with Crippen molar-refractivity contribution in [3.05, 3.63) is 253 Å². The fourth-order valence-corrected chi connectivity index (χ4v) is 14.0. The van der Waals surface area contributed by atoms with Gasteiger partial charge in [0.2, 0.25) is 0 Å². The van der Waals surface area contributed by atoms with Gasteiger partial charge < -0.3 is 18.3 Å². The summed E-state index contributed by atoms with van der Waals surface area (Å²) < 4.78 is 10.1. The molecule has 0 amide bonds. The van der Waals surface area contributed by atoms with Crippen LogP contribution < -0.4 is 0 Å². The molecule has 74 heavy (non-hydrogen) atoms. The Kier molecular flexibility index (Phi) is 8.38. The zero-order valence-electron chi connectivity index (χ0n) is 41.9. The first-order valence-electron chi connectivity index (χ1n) is 26.3. The SMILES string of the molecule is CC1(C)c2cc3c(cc2-n2c1c(-c1ccccc1)c1ccccc12)c1ccccc1n3C1=CCC(c2ccc(-n3c4ccccc4c4cc5c(cc43)C(C)(C)c3c(-c4ccccc4)c4ccccc4n3-5)cc2)C=C1. The number of benzene rings is 9. The molecule has 6 heterocycles. The van der Waals surface area contributed by atoms with Crippen molar-refractivity contribution in [2.75, 3.05) is 0 Å². The molecule has 4 nitrogen and oxygen atoms in total. The van der Waals surface area contributed by atoms with Crippen LogP contribution in [0.5, 0.6) is 0 Å². The van der Waals surface area contributed by atoms with Crippen LogP contribution in [0.1, 0.15) is 68.1 Å². The molecule has 0 saturated heterocycles. The van der Waals surface area contributed by atoms with Crippen molar-refractivity contribution in [1.82, 2.24) is 18.3 Å². The fraction of sp³-hybridized carbons (Fsp3) is 0.114. The Balaban J connectivity index is 0.765. The maximum absolute atomic E-state index is 2.56. The summed E-state index contributed by atoms with van der Waals surface area (Å²) in [6, 6.07) is 77.1. The number of aromatic nitrogens is 4. The molecule has 4 heteroatoms. The number of hydrogen-bond acceptors (Lipinski definition) is 0. The van der Waals surface area contributed by atoms with E-state index in [2.05, 4.69) is 270 Å². The molecule has 0 N–H and O–H groups in total. The van der Waals surface area contributed by atoms with Crippen molar-refractivity contribution in [2.24, 2.45) is 0 Å². The van der Waals surface area contributed by atoms with Crippen LogP contribution in [0.3, 0.4) is 0 Å².